The van der Waals surface area contributed by atoms with Crippen LogP contribution in [0.4, 0.5) is 0 Å². The van der Waals surface area contributed by atoms with Crippen molar-refractivity contribution in [3.05, 3.63) is 64.4 Å². The van der Waals surface area contributed by atoms with Gasteiger partial charge in [-0.25, -0.2) is 0 Å². The van der Waals surface area contributed by atoms with Gasteiger partial charge in [0.25, 0.3) is 0 Å². The second-order valence-electron chi connectivity index (χ2n) is 4.43. The molecule has 0 radical (unpaired) electrons. The van der Waals surface area contributed by atoms with E-state index in [9.17, 15) is 5.11 Å². The number of aromatic amines is 2. The number of phenols is 1. The third-order valence-electron chi connectivity index (χ3n) is 2.99. The van der Waals surface area contributed by atoms with Crippen molar-refractivity contribution in [2.24, 2.45) is 5.10 Å². The lowest BCUT2D eigenvalue weighted by atomic mass is 10.1. The van der Waals surface area contributed by atoms with E-state index in [-0.39, 0.29) is 5.75 Å². The molecule has 2 heterocycles. The first kappa shape index (κ1) is 13.3. The van der Waals surface area contributed by atoms with Crippen LogP contribution >= 0.6 is 12.2 Å². The van der Waals surface area contributed by atoms with Gasteiger partial charge in [-0.1, -0.05) is 18.2 Å². The Labute approximate surface area is 125 Å². The summed E-state index contributed by atoms with van der Waals surface area (Å²) in [5, 5.41) is 21.0. The third kappa shape index (κ3) is 2.92. The van der Waals surface area contributed by atoms with E-state index >= 15 is 0 Å². The largest absolute Gasteiger partial charge is 0.508 e. The van der Waals surface area contributed by atoms with E-state index in [0.717, 1.165) is 11.3 Å². The minimum Gasteiger partial charge on any atom is -0.508 e. The summed E-state index contributed by atoms with van der Waals surface area (Å²) in [7, 11) is 0. The normalized spacial score (nSPS) is 11.2. The number of hydrogen-bond donors (Lipinski definition) is 3. The van der Waals surface area contributed by atoms with Gasteiger partial charge in [-0.3, -0.25) is 5.10 Å². The number of aromatic nitrogens is 4. The van der Waals surface area contributed by atoms with Gasteiger partial charge < -0.3 is 10.1 Å². The fourth-order valence-corrected chi connectivity index (χ4v) is 2.13. The fraction of sp³-hybridized carbons (Fsp3) is 0.0714. The molecule has 106 valence electrons. The van der Waals surface area contributed by atoms with Crippen molar-refractivity contribution in [1.82, 2.24) is 19.9 Å². The topological polar surface area (TPSA) is 82.0 Å². The quantitative estimate of drug-likeness (QED) is 0.511. The minimum atomic E-state index is 0.228. The van der Waals surface area contributed by atoms with Crippen molar-refractivity contribution < 1.29 is 5.11 Å². The summed E-state index contributed by atoms with van der Waals surface area (Å²) < 4.78 is 1.95. The summed E-state index contributed by atoms with van der Waals surface area (Å²) >= 11 is 5.18. The summed E-state index contributed by atoms with van der Waals surface area (Å²) in [6.07, 6.45) is 3.92. The summed E-state index contributed by atoms with van der Waals surface area (Å²) in [5.41, 5.74) is 1.63. The van der Waals surface area contributed by atoms with Crippen molar-refractivity contribution in [2.45, 2.75) is 6.42 Å². The number of nitrogens with one attached hydrogen (secondary N) is 2. The molecule has 0 spiro atoms. The van der Waals surface area contributed by atoms with E-state index in [0.29, 0.717) is 17.0 Å². The highest BCUT2D eigenvalue weighted by atomic mass is 32.1. The Morgan fingerprint density at radius 1 is 1.29 bits per heavy atom. The molecule has 3 rings (SSSR count). The van der Waals surface area contributed by atoms with Crippen LogP contribution < -0.4 is 0 Å². The highest BCUT2D eigenvalue weighted by molar-refractivity contribution is 7.71. The predicted molar refractivity (Wildman–Crippen MR) is 82.1 cm³/mol. The Bertz CT molecular complexity index is 816. The van der Waals surface area contributed by atoms with Gasteiger partial charge in [-0.2, -0.15) is 14.9 Å². The summed E-state index contributed by atoms with van der Waals surface area (Å²) in [5.74, 6) is 0.857. The van der Waals surface area contributed by atoms with Crippen molar-refractivity contribution in [3.63, 3.8) is 0 Å². The molecule has 0 unspecified atom stereocenters. The maximum Gasteiger partial charge on any atom is 0.216 e. The molecule has 0 aliphatic carbocycles. The number of para-hydroxylation sites is 1. The molecular formula is C14H13N5OS. The SMILES string of the molecule is Oc1ccccc1Cc1n[nH]c(=S)n1/N=C/c1ccc[nH]1. The van der Waals surface area contributed by atoms with Crippen LogP contribution in [0.2, 0.25) is 0 Å². The molecule has 6 nitrogen and oxygen atoms in total. The van der Waals surface area contributed by atoms with E-state index < -0.39 is 0 Å². The summed E-state index contributed by atoms with van der Waals surface area (Å²) in [4.78, 5) is 3.03. The molecule has 1 aromatic carbocycles. The molecule has 0 atom stereocenters. The molecule has 0 amide bonds. The number of benzene rings is 1. The number of rotatable bonds is 4. The average molecular weight is 299 g/mol. The first-order chi connectivity index (χ1) is 10.2. The summed E-state index contributed by atoms with van der Waals surface area (Å²) in [6.45, 7) is 0. The smallest absolute Gasteiger partial charge is 0.216 e. The Morgan fingerprint density at radius 3 is 2.90 bits per heavy atom. The zero-order chi connectivity index (χ0) is 14.7. The van der Waals surface area contributed by atoms with Crippen molar-refractivity contribution >= 4 is 18.4 Å². The van der Waals surface area contributed by atoms with Crippen LogP contribution in [-0.4, -0.2) is 31.2 Å². The van der Waals surface area contributed by atoms with Gasteiger partial charge >= 0.3 is 0 Å². The highest BCUT2D eigenvalue weighted by Gasteiger charge is 2.08. The first-order valence-electron chi connectivity index (χ1n) is 6.35. The van der Waals surface area contributed by atoms with E-state index in [1.165, 1.54) is 0 Å². The highest BCUT2D eigenvalue weighted by Crippen LogP contribution is 2.18. The van der Waals surface area contributed by atoms with Gasteiger partial charge in [0.05, 0.1) is 11.9 Å². The van der Waals surface area contributed by atoms with E-state index in [1.807, 2.05) is 30.5 Å². The predicted octanol–water partition coefficient (Wildman–Crippen LogP) is 2.45. The lowest BCUT2D eigenvalue weighted by Crippen LogP contribution is -2.00. The van der Waals surface area contributed by atoms with Crippen LogP contribution in [0, 0.1) is 4.77 Å². The Morgan fingerprint density at radius 2 is 2.14 bits per heavy atom. The number of nitrogens with zero attached hydrogens (tertiary/aromatic N) is 3. The molecule has 21 heavy (non-hydrogen) atoms. The van der Waals surface area contributed by atoms with Gasteiger partial charge in [0, 0.05) is 18.2 Å². The van der Waals surface area contributed by atoms with E-state index in [1.54, 1.807) is 23.0 Å². The van der Waals surface area contributed by atoms with Crippen molar-refractivity contribution in [1.29, 1.82) is 0 Å². The number of aromatic hydroxyl groups is 1. The van der Waals surface area contributed by atoms with E-state index in [4.69, 9.17) is 12.2 Å². The van der Waals surface area contributed by atoms with Gasteiger partial charge in [0.15, 0.2) is 5.82 Å². The molecule has 0 aliphatic heterocycles. The van der Waals surface area contributed by atoms with Crippen LogP contribution in [0.1, 0.15) is 17.1 Å². The number of phenolic OH excluding ortho intramolecular Hbond substituents is 1. The molecule has 3 aromatic rings. The first-order valence-corrected chi connectivity index (χ1v) is 6.76. The standard InChI is InChI=1S/C14H13N5OS/c20-12-6-2-1-4-10(12)8-13-17-18-14(21)19(13)16-9-11-5-3-7-15-11/h1-7,9,15,20H,8H2,(H,18,21)/b16-9+. The van der Waals surface area contributed by atoms with E-state index in [2.05, 4.69) is 20.3 Å². The third-order valence-corrected chi connectivity index (χ3v) is 3.26. The van der Waals surface area contributed by atoms with Crippen LogP contribution in [0.25, 0.3) is 0 Å². The molecular weight excluding hydrogens is 286 g/mol. The molecule has 0 saturated carbocycles. The average Bonchev–Trinajstić information content (AvgIpc) is 3.10. The number of hydrogen-bond acceptors (Lipinski definition) is 4. The van der Waals surface area contributed by atoms with Gasteiger partial charge in [-0.15, -0.1) is 0 Å². The molecule has 7 heteroatoms. The number of H-pyrrole nitrogens is 2. The summed E-state index contributed by atoms with van der Waals surface area (Å²) in [6, 6.07) is 10.9. The molecule has 0 fully saturated rings. The molecule has 0 saturated heterocycles. The van der Waals surface area contributed by atoms with Crippen LogP contribution in [0.15, 0.2) is 47.7 Å². The zero-order valence-electron chi connectivity index (χ0n) is 11.0. The zero-order valence-corrected chi connectivity index (χ0v) is 11.8. The maximum absolute atomic E-state index is 9.83. The van der Waals surface area contributed by atoms with Crippen molar-refractivity contribution in [3.8, 4) is 5.75 Å². The Hall–Kier alpha value is -2.67. The van der Waals surface area contributed by atoms with Gasteiger partial charge in [-0.05, 0) is 30.4 Å². The fourth-order valence-electron chi connectivity index (χ4n) is 1.93. The maximum atomic E-state index is 9.83. The Balaban J connectivity index is 1.91. The minimum absolute atomic E-state index is 0.228. The van der Waals surface area contributed by atoms with Crippen molar-refractivity contribution in [2.75, 3.05) is 0 Å². The van der Waals surface area contributed by atoms with Crippen LogP contribution in [0.5, 0.6) is 5.75 Å². The molecule has 2 aromatic heterocycles. The van der Waals surface area contributed by atoms with Crippen LogP contribution in [-0.2, 0) is 6.42 Å². The molecule has 3 N–H and O–H groups in total. The Kier molecular flexibility index (Phi) is 3.65. The van der Waals surface area contributed by atoms with Gasteiger partial charge in [0.2, 0.25) is 4.77 Å². The lowest BCUT2D eigenvalue weighted by Gasteiger charge is -2.03. The molecule has 0 aliphatic rings. The molecule has 0 bridgehead atoms. The lowest BCUT2D eigenvalue weighted by molar-refractivity contribution is 0.468. The van der Waals surface area contributed by atoms with Crippen LogP contribution in [0.3, 0.4) is 0 Å². The van der Waals surface area contributed by atoms with Gasteiger partial charge in [0.1, 0.15) is 5.75 Å². The second-order valence-corrected chi connectivity index (χ2v) is 4.82. The second kappa shape index (κ2) is 5.76. The monoisotopic (exact) mass is 299 g/mol.